The first-order valence-electron chi connectivity index (χ1n) is 6.37. The molecule has 0 radical (unpaired) electrons. The summed E-state index contributed by atoms with van der Waals surface area (Å²) >= 11 is 3.90. The standard InChI is InChI=1S/C14H16IN3O2S/c1-21-6-5-11(16)14-18-12(8-20-14)13(19)17-10-4-2-3-9(15)7-10/h2-4,7-8,11H,5-6,16H2,1H3,(H,17,19). The van der Waals surface area contributed by atoms with Crippen LogP contribution in [0.25, 0.3) is 0 Å². The third-order valence-corrected chi connectivity index (χ3v) is 4.10. The number of oxazole rings is 1. The normalized spacial score (nSPS) is 12.1. The molecule has 0 aliphatic carbocycles. The van der Waals surface area contributed by atoms with Gasteiger partial charge in [-0.2, -0.15) is 11.8 Å². The lowest BCUT2D eigenvalue weighted by atomic mass is 10.2. The summed E-state index contributed by atoms with van der Waals surface area (Å²) in [5, 5.41) is 2.78. The van der Waals surface area contributed by atoms with E-state index in [-0.39, 0.29) is 17.6 Å². The fourth-order valence-electron chi connectivity index (χ4n) is 1.69. The molecule has 0 aliphatic heterocycles. The Bertz CT molecular complexity index is 618. The Morgan fingerprint density at radius 1 is 1.57 bits per heavy atom. The predicted molar refractivity (Wildman–Crippen MR) is 93.5 cm³/mol. The molecule has 1 aromatic heterocycles. The number of halogens is 1. The van der Waals surface area contributed by atoms with Gasteiger partial charge in [-0.15, -0.1) is 0 Å². The average molecular weight is 417 g/mol. The largest absolute Gasteiger partial charge is 0.446 e. The monoisotopic (exact) mass is 417 g/mol. The second-order valence-electron chi connectivity index (χ2n) is 4.42. The molecule has 0 bridgehead atoms. The van der Waals surface area contributed by atoms with Crippen LogP contribution in [0, 0.1) is 3.57 Å². The molecule has 5 nitrogen and oxygen atoms in total. The van der Waals surface area contributed by atoms with Crippen molar-refractivity contribution in [2.24, 2.45) is 5.73 Å². The van der Waals surface area contributed by atoms with Crippen LogP contribution in [0.4, 0.5) is 5.69 Å². The SMILES string of the molecule is CSCCC(N)c1nc(C(=O)Nc2cccc(I)c2)co1. The maximum atomic E-state index is 12.1. The maximum absolute atomic E-state index is 12.1. The Morgan fingerprint density at radius 3 is 3.10 bits per heavy atom. The molecule has 1 atom stereocenters. The van der Waals surface area contributed by atoms with E-state index in [1.54, 1.807) is 11.8 Å². The van der Waals surface area contributed by atoms with Gasteiger partial charge in [0, 0.05) is 9.26 Å². The molecule has 0 saturated carbocycles. The van der Waals surface area contributed by atoms with E-state index >= 15 is 0 Å². The second kappa shape index (κ2) is 7.81. The summed E-state index contributed by atoms with van der Waals surface area (Å²) in [6.45, 7) is 0. The summed E-state index contributed by atoms with van der Waals surface area (Å²) in [7, 11) is 0. The van der Waals surface area contributed by atoms with E-state index in [1.165, 1.54) is 6.26 Å². The van der Waals surface area contributed by atoms with E-state index in [0.29, 0.717) is 5.89 Å². The Hall–Kier alpha value is -1.06. The zero-order valence-corrected chi connectivity index (χ0v) is 14.5. The summed E-state index contributed by atoms with van der Waals surface area (Å²) in [5.74, 6) is 1.02. The molecule has 2 rings (SSSR count). The van der Waals surface area contributed by atoms with Crippen molar-refractivity contribution in [3.05, 3.63) is 45.7 Å². The zero-order valence-electron chi connectivity index (χ0n) is 11.5. The van der Waals surface area contributed by atoms with Crippen LogP contribution in [0.3, 0.4) is 0 Å². The summed E-state index contributed by atoms with van der Waals surface area (Å²) in [4.78, 5) is 16.3. The predicted octanol–water partition coefficient (Wildman–Crippen LogP) is 3.28. The number of thioether (sulfide) groups is 1. The number of amides is 1. The Balaban J connectivity index is 2.02. The van der Waals surface area contributed by atoms with Gasteiger partial charge in [-0.25, -0.2) is 4.98 Å². The molecule has 1 unspecified atom stereocenters. The van der Waals surface area contributed by atoms with Gasteiger partial charge in [-0.05, 0) is 59.2 Å². The number of carbonyl (C=O) groups excluding carboxylic acids is 1. The van der Waals surface area contributed by atoms with Crippen LogP contribution < -0.4 is 11.1 Å². The molecule has 0 saturated heterocycles. The van der Waals surface area contributed by atoms with Crippen molar-refractivity contribution in [1.29, 1.82) is 0 Å². The van der Waals surface area contributed by atoms with Gasteiger partial charge in [-0.3, -0.25) is 4.79 Å². The van der Waals surface area contributed by atoms with Crippen LogP contribution in [0.1, 0.15) is 28.8 Å². The van der Waals surface area contributed by atoms with Crippen molar-refractivity contribution in [3.63, 3.8) is 0 Å². The number of nitrogens with one attached hydrogen (secondary N) is 1. The number of hydrogen-bond donors (Lipinski definition) is 2. The Morgan fingerprint density at radius 2 is 2.38 bits per heavy atom. The summed E-state index contributed by atoms with van der Waals surface area (Å²) in [6, 6.07) is 7.25. The first kappa shape index (κ1) is 16.3. The van der Waals surface area contributed by atoms with Gasteiger partial charge in [0.25, 0.3) is 5.91 Å². The molecule has 3 N–H and O–H groups in total. The van der Waals surface area contributed by atoms with Crippen molar-refractivity contribution < 1.29 is 9.21 Å². The van der Waals surface area contributed by atoms with Crippen LogP contribution in [-0.2, 0) is 0 Å². The number of carbonyl (C=O) groups is 1. The number of hydrogen-bond acceptors (Lipinski definition) is 5. The van der Waals surface area contributed by atoms with Crippen LogP contribution in [-0.4, -0.2) is 22.9 Å². The maximum Gasteiger partial charge on any atom is 0.277 e. The highest BCUT2D eigenvalue weighted by Gasteiger charge is 2.17. The van der Waals surface area contributed by atoms with E-state index in [4.69, 9.17) is 10.2 Å². The highest BCUT2D eigenvalue weighted by Crippen LogP contribution is 2.17. The number of benzene rings is 1. The molecule has 112 valence electrons. The topological polar surface area (TPSA) is 81.1 Å². The second-order valence-corrected chi connectivity index (χ2v) is 6.65. The fourth-order valence-corrected chi connectivity index (χ4v) is 2.72. The first-order chi connectivity index (χ1) is 10.1. The van der Waals surface area contributed by atoms with E-state index in [9.17, 15) is 4.79 Å². The molecule has 0 fully saturated rings. The first-order valence-corrected chi connectivity index (χ1v) is 8.84. The van der Waals surface area contributed by atoms with E-state index in [2.05, 4.69) is 32.9 Å². The lowest BCUT2D eigenvalue weighted by Gasteiger charge is -2.05. The molecule has 0 spiro atoms. The van der Waals surface area contributed by atoms with Crippen molar-refractivity contribution in [3.8, 4) is 0 Å². The van der Waals surface area contributed by atoms with Gasteiger partial charge < -0.3 is 15.5 Å². The van der Waals surface area contributed by atoms with E-state index in [0.717, 1.165) is 21.4 Å². The molecule has 1 amide bonds. The lowest BCUT2D eigenvalue weighted by Crippen LogP contribution is -2.15. The van der Waals surface area contributed by atoms with Crippen LogP contribution in [0.2, 0.25) is 0 Å². The molecule has 21 heavy (non-hydrogen) atoms. The quantitative estimate of drug-likeness (QED) is 0.706. The average Bonchev–Trinajstić information content (AvgIpc) is 2.94. The van der Waals surface area contributed by atoms with Crippen molar-refractivity contribution in [2.75, 3.05) is 17.3 Å². The molecular weight excluding hydrogens is 401 g/mol. The van der Waals surface area contributed by atoms with Gasteiger partial charge in [0.05, 0.1) is 6.04 Å². The van der Waals surface area contributed by atoms with Gasteiger partial charge in [0.1, 0.15) is 6.26 Å². The number of nitrogens with zero attached hydrogens (tertiary/aromatic N) is 1. The third kappa shape index (κ3) is 4.72. The minimum absolute atomic E-state index is 0.239. The molecule has 2 aromatic rings. The van der Waals surface area contributed by atoms with Gasteiger partial charge in [-0.1, -0.05) is 6.07 Å². The van der Waals surface area contributed by atoms with Gasteiger partial charge >= 0.3 is 0 Å². The Kier molecular flexibility index (Phi) is 6.07. The van der Waals surface area contributed by atoms with Crippen molar-refractivity contribution >= 4 is 45.9 Å². The van der Waals surface area contributed by atoms with Gasteiger partial charge in [0.2, 0.25) is 5.89 Å². The van der Waals surface area contributed by atoms with Crippen molar-refractivity contribution in [1.82, 2.24) is 4.98 Å². The number of nitrogens with two attached hydrogens (primary N) is 1. The number of anilines is 1. The van der Waals surface area contributed by atoms with Gasteiger partial charge in [0.15, 0.2) is 5.69 Å². The molecule has 1 heterocycles. The van der Waals surface area contributed by atoms with Crippen molar-refractivity contribution in [2.45, 2.75) is 12.5 Å². The van der Waals surface area contributed by atoms with Crippen LogP contribution in [0.5, 0.6) is 0 Å². The summed E-state index contributed by atoms with van der Waals surface area (Å²) in [6.07, 6.45) is 4.12. The van der Waals surface area contributed by atoms with E-state index in [1.807, 2.05) is 30.5 Å². The number of rotatable bonds is 6. The lowest BCUT2D eigenvalue weighted by molar-refractivity contribution is 0.102. The minimum Gasteiger partial charge on any atom is -0.446 e. The summed E-state index contributed by atoms with van der Waals surface area (Å²) in [5.41, 5.74) is 6.93. The smallest absolute Gasteiger partial charge is 0.277 e. The Labute approximate surface area is 141 Å². The fraction of sp³-hybridized carbons (Fsp3) is 0.286. The molecule has 1 aromatic carbocycles. The summed E-state index contributed by atoms with van der Waals surface area (Å²) < 4.78 is 6.34. The van der Waals surface area contributed by atoms with Crippen LogP contribution in [0.15, 0.2) is 34.9 Å². The molecular formula is C14H16IN3O2S. The molecule has 0 aliphatic rings. The highest BCUT2D eigenvalue weighted by atomic mass is 127. The zero-order chi connectivity index (χ0) is 15.2. The van der Waals surface area contributed by atoms with E-state index < -0.39 is 0 Å². The number of aromatic nitrogens is 1. The third-order valence-electron chi connectivity index (χ3n) is 2.79. The molecule has 7 heteroatoms. The van der Waals surface area contributed by atoms with Crippen LogP contribution >= 0.6 is 34.4 Å². The highest BCUT2D eigenvalue weighted by molar-refractivity contribution is 14.1. The minimum atomic E-state index is -0.302.